The number of rotatable bonds is 9. The highest BCUT2D eigenvalue weighted by Gasteiger charge is 2.09. The molecular formula is C21H28ClN5O. The van der Waals surface area contributed by atoms with Crippen LogP contribution in [0.3, 0.4) is 0 Å². The number of benzene rings is 1. The summed E-state index contributed by atoms with van der Waals surface area (Å²) in [4.78, 5) is 22.7. The Hall–Kier alpha value is -2.60. The molecule has 0 aliphatic rings. The van der Waals surface area contributed by atoms with Crippen molar-refractivity contribution in [2.24, 2.45) is 4.99 Å². The second-order valence-corrected chi connectivity index (χ2v) is 6.82. The summed E-state index contributed by atoms with van der Waals surface area (Å²) in [7, 11) is 1.79. The van der Waals surface area contributed by atoms with Gasteiger partial charge in [-0.1, -0.05) is 29.8 Å². The number of aliphatic imine (C=N–C) groups is 1. The first-order chi connectivity index (χ1) is 13.6. The molecule has 7 heteroatoms. The van der Waals surface area contributed by atoms with Crippen LogP contribution in [0.5, 0.6) is 0 Å². The highest BCUT2D eigenvalue weighted by molar-refractivity contribution is 6.30. The first kappa shape index (κ1) is 21.7. The third kappa shape index (κ3) is 7.96. The van der Waals surface area contributed by atoms with Crippen LogP contribution >= 0.6 is 11.6 Å². The lowest BCUT2D eigenvalue weighted by Crippen LogP contribution is -2.39. The van der Waals surface area contributed by atoms with Gasteiger partial charge in [0.05, 0.1) is 0 Å². The minimum Gasteiger partial charge on any atom is -0.357 e. The van der Waals surface area contributed by atoms with Crippen molar-refractivity contribution >= 4 is 23.5 Å². The molecule has 0 bridgehead atoms. The topological polar surface area (TPSA) is 69.6 Å². The Bertz CT molecular complexity index is 749. The second-order valence-electron chi connectivity index (χ2n) is 6.38. The fraction of sp³-hybridized carbons (Fsp3) is 0.381. The maximum absolute atomic E-state index is 12.3. The molecule has 1 heterocycles. The third-order valence-corrected chi connectivity index (χ3v) is 4.44. The number of likely N-dealkylation sites (N-methyl/N-ethyl adjacent to an activating group) is 1. The molecule has 0 saturated carbocycles. The molecule has 0 spiro atoms. The van der Waals surface area contributed by atoms with Crippen molar-refractivity contribution in [2.45, 2.75) is 19.8 Å². The van der Waals surface area contributed by atoms with E-state index in [1.54, 1.807) is 18.1 Å². The third-order valence-electron chi connectivity index (χ3n) is 4.19. The smallest absolute Gasteiger partial charge is 0.244 e. The van der Waals surface area contributed by atoms with Gasteiger partial charge in [0.1, 0.15) is 6.54 Å². The number of hydrogen-bond donors (Lipinski definition) is 2. The van der Waals surface area contributed by atoms with E-state index in [1.165, 1.54) is 5.56 Å². The van der Waals surface area contributed by atoms with Gasteiger partial charge in [0.25, 0.3) is 0 Å². The fourth-order valence-electron chi connectivity index (χ4n) is 2.54. The van der Waals surface area contributed by atoms with Crippen LogP contribution in [0.2, 0.25) is 5.02 Å². The van der Waals surface area contributed by atoms with E-state index in [0.29, 0.717) is 12.5 Å². The van der Waals surface area contributed by atoms with Crippen LogP contribution in [0.25, 0.3) is 0 Å². The predicted molar refractivity (Wildman–Crippen MR) is 115 cm³/mol. The number of amides is 1. The lowest BCUT2D eigenvalue weighted by atomic mass is 10.1. The van der Waals surface area contributed by atoms with Gasteiger partial charge >= 0.3 is 0 Å². The summed E-state index contributed by atoms with van der Waals surface area (Å²) in [5.41, 5.74) is 2.17. The molecule has 1 aromatic carbocycles. The highest BCUT2D eigenvalue weighted by Crippen LogP contribution is 2.09. The summed E-state index contributed by atoms with van der Waals surface area (Å²) in [6.07, 6.45) is 3.34. The molecule has 28 heavy (non-hydrogen) atoms. The molecule has 1 aromatic heterocycles. The average molecular weight is 402 g/mol. The Morgan fingerprint density at radius 2 is 1.93 bits per heavy atom. The van der Waals surface area contributed by atoms with E-state index >= 15 is 0 Å². The largest absolute Gasteiger partial charge is 0.357 e. The predicted octanol–water partition coefficient (Wildman–Crippen LogP) is 2.53. The molecule has 2 N–H and O–H groups in total. The minimum absolute atomic E-state index is 0.0224. The van der Waals surface area contributed by atoms with Crippen LogP contribution in [0.15, 0.2) is 53.7 Å². The number of pyridine rings is 1. The summed E-state index contributed by atoms with van der Waals surface area (Å²) >= 11 is 5.91. The van der Waals surface area contributed by atoms with Crippen molar-refractivity contribution in [3.63, 3.8) is 0 Å². The van der Waals surface area contributed by atoms with E-state index in [0.717, 1.165) is 36.6 Å². The molecule has 0 radical (unpaired) electrons. The Kier molecular flexibility index (Phi) is 9.28. The number of aromatic nitrogens is 1. The van der Waals surface area contributed by atoms with E-state index in [9.17, 15) is 4.79 Å². The molecule has 0 fully saturated rings. The molecule has 0 aliphatic carbocycles. The van der Waals surface area contributed by atoms with Gasteiger partial charge in [-0.25, -0.2) is 4.99 Å². The van der Waals surface area contributed by atoms with E-state index < -0.39 is 0 Å². The van der Waals surface area contributed by atoms with Crippen molar-refractivity contribution in [3.05, 3.63) is 64.9 Å². The molecule has 2 aromatic rings. The SMILES string of the molecule is CCNC(=NCC(=O)N(C)CCc1ccccn1)NCCc1ccc(Cl)cc1. The van der Waals surface area contributed by atoms with E-state index in [4.69, 9.17) is 11.6 Å². The van der Waals surface area contributed by atoms with Gasteiger partial charge in [-0.15, -0.1) is 0 Å². The number of hydrogen-bond acceptors (Lipinski definition) is 3. The van der Waals surface area contributed by atoms with Crippen molar-refractivity contribution in [3.8, 4) is 0 Å². The molecule has 0 unspecified atom stereocenters. The molecule has 2 rings (SSSR count). The molecule has 6 nitrogen and oxygen atoms in total. The number of carbonyl (C=O) groups excluding carboxylic acids is 1. The van der Waals surface area contributed by atoms with Gasteiger partial charge < -0.3 is 15.5 Å². The zero-order valence-electron chi connectivity index (χ0n) is 16.5. The quantitative estimate of drug-likeness (QED) is 0.500. The second kappa shape index (κ2) is 12.0. The van der Waals surface area contributed by atoms with Crippen LogP contribution in [0.1, 0.15) is 18.2 Å². The summed E-state index contributed by atoms with van der Waals surface area (Å²) in [5, 5.41) is 7.16. The zero-order chi connectivity index (χ0) is 20.2. The number of nitrogens with one attached hydrogen (secondary N) is 2. The number of nitrogens with zero attached hydrogens (tertiary/aromatic N) is 3. The first-order valence-electron chi connectivity index (χ1n) is 9.49. The first-order valence-corrected chi connectivity index (χ1v) is 9.86. The monoisotopic (exact) mass is 401 g/mol. The normalized spacial score (nSPS) is 11.2. The number of guanidine groups is 1. The van der Waals surface area contributed by atoms with Gasteiger partial charge in [-0.3, -0.25) is 9.78 Å². The highest BCUT2D eigenvalue weighted by atomic mass is 35.5. The maximum atomic E-state index is 12.3. The van der Waals surface area contributed by atoms with Crippen LogP contribution < -0.4 is 10.6 Å². The van der Waals surface area contributed by atoms with Crippen molar-refractivity contribution in [2.75, 3.05) is 33.2 Å². The van der Waals surface area contributed by atoms with Gasteiger partial charge in [0.15, 0.2) is 5.96 Å². The van der Waals surface area contributed by atoms with Crippen molar-refractivity contribution < 1.29 is 4.79 Å². The Morgan fingerprint density at radius 1 is 1.14 bits per heavy atom. The summed E-state index contributed by atoms with van der Waals surface area (Å²) in [5.74, 6) is 0.619. The number of halogens is 1. The van der Waals surface area contributed by atoms with Crippen LogP contribution in [-0.4, -0.2) is 55.0 Å². The van der Waals surface area contributed by atoms with E-state index in [-0.39, 0.29) is 12.5 Å². The van der Waals surface area contributed by atoms with E-state index in [1.807, 2.05) is 49.4 Å². The lowest BCUT2D eigenvalue weighted by molar-refractivity contribution is -0.128. The maximum Gasteiger partial charge on any atom is 0.244 e. The lowest BCUT2D eigenvalue weighted by Gasteiger charge is -2.16. The Morgan fingerprint density at radius 3 is 2.61 bits per heavy atom. The van der Waals surface area contributed by atoms with E-state index in [2.05, 4.69) is 20.6 Å². The molecule has 150 valence electrons. The Balaban J connectivity index is 1.77. The zero-order valence-corrected chi connectivity index (χ0v) is 17.2. The molecule has 0 atom stereocenters. The molecular weight excluding hydrogens is 374 g/mol. The molecule has 0 aliphatic heterocycles. The van der Waals surface area contributed by atoms with Gasteiger partial charge in [0.2, 0.25) is 5.91 Å². The van der Waals surface area contributed by atoms with Gasteiger partial charge in [-0.05, 0) is 43.2 Å². The summed E-state index contributed by atoms with van der Waals surface area (Å²) in [6, 6.07) is 13.6. The number of carbonyl (C=O) groups is 1. The van der Waals surface area contributed by atoms with Crippen LogP contribution in [0.4, 0.5) is 0 Å². The summed E-state index contributed by atoms with van der Waals surface area (Å²) in [6.45, 7) is 4.17. The van der Waals surface area contributed by atoms with Crippen molar-refractivity contribution in [1.29, 1.82) is 0 Å². The van der Waals surface area contributed by atoms with Crippen LogP contribution in [0, 0.1) is 0 Å². The van der Waals surface area contributed by atoms with Crippen LogP contribution in [-0.2, 0) is 17.6 Å². The van der Waals surface area contributed by atoms with Gasteiger partial charge in [0, 0.05) is 50.0 Å². The summed E-state index contributed by atoms with van der Waals surface area (Å²) < 4.78 is 0. The van der Waals surface area contributed by atoms with Gasteiger partial charge in [-0.2, -0.15) is 0 Å². The minimum atomic E-state index is -0.0224. The average Bonchev–Trinajstić information content (AvgIpc) is 2.72. The Labute approximate surface area is 172 Å². The standard InChI is InChI=1S/C21H28ClN5O/c1-3-23-21(25-14-11-17-7-9-18(22)10-8-17)26-16-20(28)27(2)15-12-19-6-4-5-13-24-19/h4-10,13H,3,11-12,14-16H2,1-2H3,(H2,23,25,26). The fourth-order valence-corrected chi connectivity index (χ4v) is 2.66. The van der Waals surface area contributed by atoms with Crippen molar-refractivity contribution in [1.82, 2.24) is 20.5 Å². The molecule has 0 saturated heterocycles. The molecule has 1 amide bonds.